The van der Waals surface area contributed by atoms with Crippen LogP contribution in [0.2, 0.25) is 0 Å². The van der Waals surface area contributed by atoms with E-state index in [0.29, 0.717) is 12.0 Å². The zero-order valence-electron chi connectivity index (χ0n) is 13.6. The van der Waals surface area contributed by atoms with Crippen LogP contribution in [0, 0.1) is 11.8 Å². The molecule has 2 aromatic rings. The third kappa shape index (κ3) is 2.95. The minimum absolute atomic E-state index is 0.521. The molecule has 0 bridgehead atoms. The van der Waals surface area contributed by atoms with Crippen LogP contribution in [0.1, 0.15) is 25.6 Å². The Kier molecular flexibility index (Phi) is 3.99. The number of imidazole rings is 1. The second kappa shape index (κ2) is 6.28. The predicted octanol–water partition coefficient (Wildman–Crippen LogP) is 2.02. The third-order valence-electron chi connectivity index (χ3n) is 5.34. The molecular weight excluding hydrogens is 288 g/mol. The summed E-state index contributed by atoms with van der Waals surface area (Å²) in [5, 5.41) is 3.59. The van der Waals surface area contributed by atoms with Crippen molar-refractivity contribution in [3.63, 3.8) is 0 Å². The summed E-state index contributed by atoms with van der Waals surface area (Å²) < 4.78 is 2.24. The first kappa shape index (κ1) is 14.6. The molecule has 6 heteroatoms. The number of aromatic nitrogens is 4. The molecule has 3 atom stereocenters. The van der Waals surface area contributed by atoms with E-state index < -0.39 is 0 Å². The molecule has 0 radical (unpaired) electrons. The highest BCUT2D eigenvalue weighted by Crippen LogP contribution is 2.39. The van der Waals surface area contributed by atoms with Crippen molar-refractivity contribution in [2.75, 3.05) is 18.4 Å². The number of nitrogens with one attached hydrogen (secondary N) is 1. The molecule has 6 nitrogen and oxygen atoms in total. The summed E-state index contributed by atoms with van der Waals surface area (Å²) in [4.78, 5) is 15.6. The monoisotopic (exact) mass is 312 g/mol. The first-order chi connectivity index (χ1) is 11.3. The Bertz CT molecular complexity index is 640. The van der Waals surface area contributed by atoms with Crippen LogP contribution in [-0.4, -0.2) is 43.6 Å². The Morgan fingerprint density at radius 3 is 2.96 bits per heavy atom. The van der Waals surface area contributed by atoms with Gasteiger partial charge in [0, 0.05) is 50.5 Å². The van der Waals surface area contributed by atoms with Gasteiger partial charge in [-0.3, -0.25) is 9.88 Å². The quantitative estimate of drug-likeness (QED) is 0.915. The van der Waals surface area contributed by atoms with Gasteiger partial charge in [-0.25, -0.2) is 9.97 Å². The maximum absolute atomic E-state index is 4.52. The largest absolute Gasteiger partial charge is 0.366 e. The molecule has 2 aromatic heterocycles. The van der Waals surface area contributed by atoms with Crippen molar-refractivity contribution in [3.8, 4) is 0 Å². The zero-order valence-corrected chi connectivity index (χ0v) is 13.6. The second-order valence-electron chi connectivity index (χ2n) is 6.67. The fourth-order valence-corrected chi connectivity index (χ4v) is 4.21. The first-order valence-corrected chi connectivity index (χ1v) is 8.58. The van der Waals surface area contributed by atoms with Gasteiger partial charge in [-0.15, -0.1) is 0 Å². The molecule has 23 heavy (non-hydrogen) atoms. The predicted molar refractivity (Wildman–Crippen MR) is 88.8 cm³/mol. The number of hydrogen-bond acceptors (Lipinski definition) is 5. The number of anilines is 1. The Balaban J connectivity index is 1.39. The lowest BCUT2D eigenvalue weighted by Gasteiger charge is -2.22. The maximum Gasteiger partial charge on any atom is 0.144 e. The molecule has 122 valence electrons. The normalized spacial score (nSPS) is 27.3. The molecule has 3 heterocycles. The summed E-state index contributed by atoms with van der Waals surface area (Å²) >= 11 is 0. The van der Waals surface area contributed by atoms with E-state index in [9.17, 15) is 0 Å². The SMILES string of the molecule is CCn1ccnc1CN1C[C@@H]2CC[C@@H](Nc3cnccn3)[C@@H]2C1. The van der Waals surface area contributed by atoms with Crippen molar-refractivity contribution >= 4 is 5.82 Å². The second-order valence-corrected chi connectivity index (χ2v) is 6.67. The summed E-state index contributed by atoms with van der Waals surface area (Å²) in [7, 11) is 0. The summed E-state index contributed by atoms with van der Waals surface area (Å²) in [6.45, 7) is 6.47. The standard InChI is InChI=1S/C17H24N6/c1-2-23-8-7-20-17(23)12-22-10-13-3-4-15(14(13)11-22)21-16-9-18-5-6-19-16/h5-9,13-15H,2-4,10-12H2,1H3,(H,19,21)/t13-,14+,15+/m0/s1. The Hall–Kier alpha value is -1.95. The van der Waals surface area contributed by atoms with Crippen LogP contribution in [0.5, 0.6) is 0 Å². The lowest BCUT2D eigenvalue weighted by atomic mass is 9.98. The van der Waals surface area contributed by atoms with Crippen LogP contribution in [0.15, 0.2) is 31.0 Å². The van der Waals surface area contributed by atoms with Gasteiger partial charge in [0.2, 0.25) is 0 Å². The summed E-state index contributed by atoms with van der Waals surface area (Å²) in [6.07, 6.45) is 11.8. The van der Waals surface area contributed by atoms with Gasteiger partial charge in [0.25, 0.3) is 0 Å². The van der Waals surface area contributed by atoms with Crippen LogP contribution in [0.3, 0.4) is 0 Å². The molecule has 0 amide bonds. The number of nitrogens with zero attached hydrogens (tertiary/aromatic N) is 5. The Morgan fingerprint density at radius 1 is 1.17 bits per heavy atom. The van der Waals surface area contributed by atoms with Gasteiger partial charge in [0.15, 0.2) is 0 Å². The molecule has 2 aliphatic rings. The van der Waals surface area contributed by atoms with Crippen molar-refractivity contribution in [2.24, 2.45) is 11.8 Å². The highest BCUT2D eigenvalue weighted by Gasteiger charge is 2.42. The van der Waals surface area contributed by atoms with E-state index in [1.165, 1.54) is 25.2 Å². The molecule has 0 unspecified atom stereocenters. The molecule has 1 saturated carbocycles. The smallest absolute Gasteiger partial charge is 0.144 e. The molecule has 0 spiro atoms. The average molecular weight is 312 g/mol. The van der Waals surface area contributed by atoms with E-state index >= 15 is 0 Å². The fourth-order valence-electron chi connectivity index (χ4n) is 4.21. The van der Waals surface area contributed by atoms with Crippen molar-refractivity contribution in [3.05, 3.63) is 36.8 Å². The maximum atomic E-state index is 4.52. The van der Waals surface area contributed by atoms with Gasteiger partial charge in [-0.05, 0) is 31.6 Å². The fraction of sp³-hybridized carbons (Fsp3) is 0.588. The zero-order chi connectivity index (χ0) is 15.6. The number of aryl methyl sites for hydroxylation is 1. The summed E-state index contributed by atoms with van der Waals surface area (Å²) in [5.74, 6) is 3.60. The number of hydrogen-bond donors (Lipinski definition) is 1. The Labute approximate surface area is 137 Å². The molecule has 0 aromatic carbocycles. The van der Waals surface area contributed by atoms with E-state index in [-0.39, 0.29) is 0 Å². The van der Waals surface area contributed by atoms with Crippen molar-refractivity contribution in [1.29, 1.82) is 0 Å². The lowest BCUT2D eigenvalue weighted by Crippen LogP contribution is -2.30. The molecular formula is C17H24N6. The molecule has 1 saturated heterocycles. The van der Waals surface area contributed by atoms with Crippen LogP contribution >= 0.6 is 0 Å². The average Bonchev–Trinajstić information content (AvgIpc) is 3.26. The number of rotatable bonds is 5. The number of fused-ring (bicyclic) bond motifs is 1. The van der Waals surface area contributed by atoms with Gasteiger partial charge < -0.3 is 9.88 Å². The van der Waals surface area contributed by atoms with Crippen LogP contribution in [-0.2, 0) is 13.1 Å². The van der Waals surface area contributed by atoms with E-state index in [4.69, 9.17) is 0 Å². The number of likely N-dealkylation sites (tertiary alicyclic amines) is 1. The van der Waals surface area contributed by atoms with E-state index in [0.717, 1.165) is 31.4 Å². The topological polar surface area (TPSA) is 58.9 Å². The highest BCUT2D eigenvalue weighted by molar-refractivity contribution is 5.32. The van der Waals surface area contributed by atoms with E-state index in [2.05, 4.69) is 42.9 Å². The minimum Gasteiger partial charge on any atom is -0.366 e. The molecule has 2 fully saturated rings. The van der Waals surface area contributed by atoms with Gasteiger partial charge in [0.1, 0.15) is 11.6 Å². The van der Waals surface area contributed by atoms with Crippen LogP contribution in [0.25, 0.3) is 0 Å². The van der Waals surface area contributed by atoms with E-state index in [1.807, 2.05) is 12.4 Å². The van der Waals surface area contributed by atoms with Gasteiger partial charge in [-0.1, -0.05) is 0 Å². The lowest BCUT2D eigenvalue weighted by molar-refractivity contribution is 0.288. The molecule has 4 rings (SSSR count). The van der Waals surface area contributed by atoms with E-state index in [1.54, 1.807) is 12.4 Å². The first-order valence-electron chi connectivity index (χ1n) is 8.58. The summed E-state index contributed by atoms with van der Waals surface area (Å²) in [5.41, 5.74) is 0. The van der Waals surface area contributed by atoms with Crippen molar-refractivity contribution < 1.29 is 0 Å². The summed E-state index contributed by atoms with van der Waals surface area (Å²) in [6, 6.07) is 0.521. The third-order valence-corrected chi connectivity index (χ3v) is 5.34. The molecule has 1 aliphatic carbocycles. The minimum atomic E-state index is 0.521. The van der Waals surface area contributed by atoms with Crippen LogP contribution in [0.4, 0.5) is 5.82 Å². The molecule has 1 N–H and O–H groups in total. The van der Waals surface area contributed by atoms with Gasteiger partial charge in [-0.2, -0.15) is 0 Å². The van der Waals surface area contributed by atoms with Crippen molar-refractivity contribution in [1.82, 2.24) is 24.4 Å². The Morgan fingerprint density at radius 2 is 2.13 bits per heavy atom. The van der Waals surface area contributed by atoms with Gasteiger partial charge in [0.05, 0.1) is 12.7 Å². The van der Waals surface area contributed by atoms with Crippen LogP contribution < -0.4 is 5.32 Å². The molecule has 1 aliphatic heterocycles. The van der Waals surface area contributed by atoms with Crippen molar-refractivity contribution in [2.45, 2.75) is 38.9 Å². The highest BCUT2D eigenvalue weighted by atomic mass is 15.2. The van der Waals surface area contributed by atoms with Gasteiger partial charge >= 0.3 is 0 Å².